The Kier molecular flexibility index (Phi) is 5.36. The van der Waals surface area contributed by atoms with E-state index >= 15 is 0 Å². The van der Waals surface area contributed by atoms with Crippen molar-refractivity contribution < 1.29 is 31.2 Å². The van der Waals surface area contributed by atoms with Crippen LogP contribution in [0.5, 0.6) is 0 Å². The molecule has 29 heavy (non-hydrogen) atoms. The van der Waals surface area contributed by atoms with Crippen LogP contribution < -0.4 is 15.4 Å². The summed E-state index contributed by atoms with van der Waals surface area (Å²) in [7, 11) is -3.99. The molecular weight excluding hydrogens is 415 g/mol. The third kappa shape index (κ3) is 4.56. The van der Waals surface area contributed by atoms with Crippen LogP contribution in [0.1, 0.15) is 5.56 Å². The van der Waals surface area contributed by atoms with E-state index in [1.165, 1.54) is 4.90 Å². The van der Waals surface area contributed by atoms with E-state index in [4.69, 9.17) is 5.14 Å². The van der Waals surface area contributed by atoms with Gasteiger partial charge in [0.1, 0.15) is 11.4 Å². The first kappa shape index (κ1) is 20.8. The van der Waals surface area contributed by atoms with Crippen LogP contribution in [0.3, 0.4) is 0 Å². The Labute approximate surface area is 163 Å². The molecule has 2 amide bonds. The summed E-state index contributed by atoms with van der Waals surface area (Å²) in [5.41, 5.74) is 1.24. The largest absolute Gasteiger partial charge is 0.471 e. The average molecular weight is 431 g/mol. The molecule has 0 spiro atoms. The normalized spacial score (nSPS) is 16.6. The minimum Gasteiger partial charge on any atom is -0.346 e. The molecule has 0 aliphatic carbocycles. The van der Waals surface area contributed by atoms with Crippen molar-refractivity contribution in [2.75, 3.05) is 11.4 Å². The lowest BCUT2D eigenvalue weighted by Crippen LogP contribution is -2.48. The van der Waals surface area contributed by atoms with Gasteiger partial charge >= 0.3 is 12.1 Å². The van der Waals surface area contributed by atoms with Gasteiger partial charge < -0.3 is 10.2 Å². The number of carbonyl (C=O) groups is 2. The molecule has 2 heterocycles. The Morgan fingerprint density at radius 1 is 1.28 bits per heavy atom. The molecule has 0 bridgehead atoms. The quantitative estimate of drug-likeness (QED) is 0.698. The van der Waals surface area contributed by atoms with Crippen LogP contribution in [-0.4, -0.2) is 48.8 Å². The molecular formula is C16H16F3N5O4S. The van der Waals surface area contributed by atoms with E-state index in [1.807, 2.05) is 0 Å². The topological polar surface area (TPSA) is 127 Å². The highest BCUT2D eigenvalue weighted by Gasteiger charge is 2.40. The summed E-state index contributed by atoms with van der Waals surface area (Å²) in [6.07, 6.45) is -2.71. The van der Waals surface area contributed by atoms with Crippen LogP contribution in [0.15, 0.2) is 41.6 Å². The lowest BCUT2D eigenvalue weighted by Gasteiger charge is -2.26. The van der Waals surface area contributed by atoms with Gasteiger partial charge in [-0.3, -0.25) is 14.3 Å². The Hall–Kier alpha value is -2.93. The molecule has 156 valence electrons. The van der Waals surface area contributed by atoms with Gasteiger partial charge in [-0.25, -0.2) is 13.6 Å². The number of carbonyl (C=O) groups excluding carboxylic acids is 2. The van der Waals surface area contributed by atoms with Crippen LogP contribution in [-0.2, 0) is 32.6 Å². The Morgan fingerprint density at radius 3 is 2.59 bits per heavy atom. The summed E-state index contributed by atoms with van der Waals surface area (Å²) >= 11 is 0. The summed E-state index contributed by atoms with van der Waals surface area (Å²) in [5.74, 6) is -2.63. The van der Waals surface area contributed by atoms with E-state index in [0.29, 0.717) is 5.69 Å². The highest BCUT2D eigenvalue weighted by atomic mass is 32.2. The number of hydrogen-bond donors (Lipinski definition) is 2. The molecule has 2 aromatic rings. The van der Waals surface area contributed by atoms with Crippen molar-refractivity contribution in [1.29, 1.82) is 0 Å². The number of nitrogens with zero attached hydrogens (tertiary/aromatic N) is 3. The average Bonchev–Trinajstić information content (AvgIpc) is 3.22. The predicted molar refractivity (Wildman–Crippen MR) is 94.1 cm³/mol. The van der Waals surface area contributed by atoms with Gasteiger partial charge in [0, 0.05) is 18.4 Å². The number of fused-ring (bicyclic) bond motifs is 1. The molecule has 1 aliphatic rings. The molecule has 9 nitrogen and oxygen atoms in total. The summed E-state index contributed by atoms with van der Waals surface area (Å²) in [4.78, 5) is 25.0. The Morgan fingerprint density at radius 2 is 1.97 bits per heavy atom. The lowest BCUT2D eigenvalue weighted by molar-refractivity contribution is -0.173. The van der Waals surface area contributed by atoms with Crippen molar-refractivity contribution >= 4 is 27.5 Å². The smallest absolute Gasteiger partial charge is 0.346 e. The summed E-state index contributed by atoms with van der Waals surface area (Å²) in [5, 5.41) is 10.6. The Bertz CT molecular complexity index is 1050. The Balaban J connectivity index is 1.79. The molecule has 0 radical (unpaired) electrons. The zero-order valence-corrected chi connectivity index (χ0v) is 15.6. The van der Waals surface area contributed by atoms with Crippen molar-refractivity contribution in [3.05, 3.63) is 42.2 Å². The van der Waals surface area contributed by atoms with Gasteiger partial charge in [-0.15, -0.1) is 0 Å². The fourth-order valence-electron chi connectivity index (χ4n) is 3.07. The molecule has 1 aliphatic heterocycles. The number of benzene rings is 1. The number of amides is 2. The van der Waals surface area contributed by atoms with Gasteiger partial charge in [-0.2, -0.15) is 18.3 Å². The number of anilines is 1. The number of sulfonamides is 1. The summed E-state index contributed by atoms with van der Waals surface area (Å²) in [6, 6.07) is 6.03. The first-order valence-corrected chi connectivity index (χ1v) is 9.81. The van der Waals surface area contributed by atoms with Gasteiger partial charge in [0.2, 0.25) is 15.9 Å². The van der Waals surface area contributed by atoms with Crippen molar-refractivity contribution in [3.63, 3.8) is 0 Å². The van der Waals surface area contributed by atoms with Crippen molar-refractivity contribution in [2.24, 2.45) is 5.14 Å². The monoisotopic (exact) mass is 431 g/mol. The molecule has 0 saturated heterocycles. The molecule has 3 N–H and O–H groups in total. The maximum absolute atomic E-state index is 12.8. The van der Waals surface area contributed by atoms with Gasteiger partial charge in [-0.1, -0.05) is 18.2 Å². The van der Waals surface area contributed by atoms with E-state index in [1.54, 1.807) is 29.6 Å². The van der Waals surface area contributed by atoms with Gasteiger partial charge in [0.15, 0.2) is 0 Å². The number of hydrogen-bond acceptors (Lipinski definition) is 5. The summed E-state index contributed by atoms with van der Waals surface area (Å²) < 4.78 is 61.1. The van der Waals surface area contributed by atoms with Crippen molar-refractivity contribution in [1.82, 2.24) is 15.1 Å². The van der Waals surface area contributed by atoms with E-state index in [0.717, 1.165) is 22.6 Å². The summed E-state index contributed by atoms with van der Waals surface area (Å²) in [6.45, 7) is -0.770. The molecule has 0 fully saturated rings. The number of para-hydroxylation sites is 1. The van der Waals surface area contributed by atoms with Crippen molar-refractivity contribution in [3.8, 4) is 0 Å². The highest BCUT2D eigenvalue weighted by Crippen LogP contribution is 2.32. The van der Waals surface area contributed by atoms with E-state index in [-0.39, 0.29) is 17.9 Å². The number of aromatic nitrogens is 2. The minimum atomic E-state index is -5.03. The maximum atomic E-state index is 12.8. The fourth-order valence-corrected chi connectivity index (χ4v) is 3.53. The van der Waals surface area contributed by atoms with E-state index in [9.17, 15) is 31.2 Å². The second-order valence-corrected chi connectivity index (χ2v) is 7.94. The number of primary sulfonamides is 1. The van der Waals surface area contributed by atoms with Crippen LogP contribution in [0.2, 0.25) is 0 Å². The number of nitrogens with two attached hydrogens (primary N) is 1. The van der Waals surface area contributed by atoms with Crippen LogP contribution in [0, 0.1) is 0 Å². The van der Waals surface area contributed by atoms with Gasteiger partial charge in [-0.05, 0) is 18.1 Å². The number of halogens is 3. The lowest BCUT2D eigenvalue weighted by atomic mass is 10.1. The molecule has 0 saturated carbocycles. The molecule has 1 atom stereocenters. The van der Waals surface area contributed by atoms with Gasteiger partial charge in [0.05, 0.1) is 12.2 Å². The predicted octanol–water partition coefficient (Wildman–Crippen LogP) is 0.167. The van der Waals surface area contributed by atoms with E-state index < -0.39 is 40.6 Å². The molecule has 13 heteroatoms. The maximum Gasteiger partial charge on any atom is 0.471 e. The molecule has 3 rings (SSSR count). The first-order valence-electron chi connectivity index (χ1n) is 8.27. The zero-order chi connectivity index (χ0) is 21.4. The third-order valence-electron chi connectivity index (χ3n) is 4.33. The number of rotatable bonds is 5. The molecule has 1 aromatic carbocycles. The highest BCUT2D eigenvalue weighted by molar-refractivity contribution is 7.89. The van der Waals surface area contributed by atoms with Crippen LogP contribution in [0.25, 0.3) is 0 Å². The molecule has 1 unspecified atom stereocenters. The van der Waals surface area contributed by atoms with Gasteiger partial charge in [0.25, 0.3) is 0 Å². The van der Waals surface area contributed by atoms with Crippen LogP contribution >= 0.6 is 0 Å². The SMILES string of the molecule is NS(=O)(=O)c1cnn(CC(=O)N2c3ccccc3CC2CNC(=O)C(F)(F)F)c1. The van der Waals surface area contributed by atoms with Crippen LogP contribution in [0.4, 0.5) is 18.9 Å². The second-order valence-electron chi connectivity index (χ2n) is 6.38. The third-order valence-corrected chi connectivity index (χ3v) is 5.20. The minimum absolute atomic E-state index is 0.252. The second kappa shape index (κ2) is 7.48. The zero-order valence-electron chi connectivity index (χ0n) is 14.8. The molecule has 1 aromatic heterocycles. The number of alkyl halides is 3. The standard InChI is InChI=1S/C16H16F3N5O4S/c17-16(18,19)15(26)21-6-11-5-10-3-1-2-4-13(10)24(11)14(25)9-23-8-12(7-22-23)29(20,27)28/h1-4,7-8,11H,5-6,9H2,(H,21,26)(H2,20,27,28). The number of nitrogens with one attached hydrogen (secondary N) is 1. The van der Waals surface area contributed by atoms with Crippen molar-refractivity contribution in [2.45, 2.75) is 30.1 Å². The van der Waals surface area contributed by atoms with E-state index in [2.05, 4.69) is 5.10 Å². The fraction of sp³-hybridized carbons (Fsp3) is 0.312. The first-order chi connectivity index (χ1) is 13.5.